The molecule has 0 bridgehead atoms. The van der Waals surface area contributed by atoms with Gasteiger partial charge in [-0.1, -0.05) is 24.3 Å². The Kier molecular flexibility index (Phi) is 5.88. The number of nitrogens with zero attached hydrogens (tertiary/aromatic N) is 4. The van der Waals surface area contributed by atoms with Gasteiger partial charge in [0.05, 0.1) is 12.2 Å². The zero-order chi connectivity index (χ0) is 22.8. The number of aryl methyl sites for hydroxylation is 1. The van der Waals surface area contributed by atoms with Gasteiger partial charge in [0.1, 0.15) is 17.5 Å². The highest BCUT2D eigenvalue weighted by atomic mass is 19.1. The van der Waals surface area contributed by atoms with E-state index in [9.17, 15) is 8.78 Å². The number of H-pyrrole nitrogens is 1. The average molecular weight is 446 g/mol. The van der Waals surface area contributed by atoms with E-state index >= 15 is 0 Å². The van der Waals surface area contributed by atoms with Gasteiger partial charge in [0.15, 0.2) is 0 Å². The second kappa shape index (κ2) is 9.11. The summed E-state index contributed by atoms with van der Waals surface area (Å²) in [6, 6.07) is 17.2. The minimum absolute atomic E-state index is 0.00759. The normalized spacial score (nSPS) is 15.5. The van der Waals surface area contributed by atoms with E-state index in [4.69, 9.17) is 0 Å². The van der Waals surface area contributed by atoms with Gasteiger partial charge < -0.3 is 4.90 Å². The molecule has 1 saturated heterocycles. The molecule has 4 aromatic rings. The van der Waals surface area contributed by atoms with Crippen molar-refractivity contribution < 1.29 is 8.78 Å². The smallest absolute Gasteiger partial charge is 0.136 e. The highest BCUT2D eigenvalue weighted by Gasteiger charge is 2.29. The molecule has 0 saturated carbocycles. The Labute approximate surface area is 191 Å². The Bertz CT molecular complexity index is 1210. The van der Waals surface area contributed by atoms with Crippen molar-refractivity contribution in [2.45, 2.75) is 13.0 Å². The number of hydrogen-bond acceptors (Lipinski definition) is 4. The fourth-order valence-electron chi connectivity index (χ4n) is 4.56. The molecule has 2 aromatic heterocycles. The first-order valence-corrected chi connectivity index (χ1v) is 11.1. The van der Waals surface area contributed by atoms with Crippen LogP contribution in [0.25, 0.3) is 11.1 Å². The zero-order valence-corrected chi connectivity index (χ0v) is 18.4. The number of piperazine rings is 1. The van der Waals surface area contributed by atoms with Crippen molar-refractivity contribution in [1.82, 2.24) is 20.1 Å². The second-order valence-electron chi connectivity index (χ2n) is 8.31. The molecule has 0 aliphatic carbocycles. The minimum atomic E-state index is -0.251. The quantitative estimate of drug-likeness (QED) is 0.471. The summed E-state index contributed by atoms with van der Waals surface area (Å²) in [5.74, 6) is 0.412. The monoisotopic (exact) mass is 445 g/mol. The zero-order valence-electron chi connectivity index (χ0n) is 18.4. The van der Waals surface area contributed by atoms with E-state index in [0.717, 1.165) is 59.9 Å². The number of aromatic amines is 1. The minimum Gasteiger partial charge on any atom is -0.354 e. The van der Waals surface area contributed by atoms with E-state index < -0.39 is 0 Å². The number of aromatic nitrogens is 3. The molecule has 5 nitrogen and oxygen atoms in total. The summed E-state index contributed by atoms with van der Waals surface area (Å²) in [5.41, 5.74) is 5.08. The Morgan fingerprint density at radius 1 is 0.879 bits per heavy atom. The molecule has 3 heterocycles. The lowest BCUT2D eigenvalue weighted by Crippen LogP contribution is -2.48. The van der Waals surface area contributed by atoms with Crippen molar-refractivity contribution in [3.63, 3.8) is 0 Å². The lowest BCUT2D eigenvalue weighted by atomic mass is 9.96. The van der Waals surface area contributed by atoms with Gasteiger partial charge in [-0.2, -0.15) is 5.10 Å². The van der Waals surface area contributed by atoms with Gasteiger partial charge in [-0.05, 0) is 54.4 Å². The van der Waals surface area contributed by atoms with E-state index in [-0.39, 0.29) is 17.7 Å². The van der Waals surface area contributed by atoms with Crippen LogP contribution in [0.2, 0.25) is 0 Å². The second-order valence-corrected chi connectivity index (χ2v) is 8.31. The summed E-state index contributed by atoms with van der Waals surface area (Å²) < 4.78 is 27.0. The Hall–Kier alpha value is -3.58. The van der Waals surface area contributed by atoms with Gasteiger partial charge in [-0.3, -0.25) is 10.00 Å². The molecule has 0 amide bonds. The highest BCUT2D eigenvalue weighted by Crippen LogP contribution is 2.34. The highest BCUT2D eigenvalue weighted by molar-refractivity contribution is 5.75. The molecule has 1 atom stereocenters. The molecule has 0 spiro atoms. The van der Waals surface area contributed by atoms with E-state index in [1.54, 1.807) is 18.3 Å². The SMILES string of the molecule is Cc1[nH]ncc1C(c1ccc(F)cc1)N1CCN(c2ncccc2-c2ccc(F)cc2)CC1. The summed E-state index contributed by atoms with van der Waals surface area (Å²) in [4.78, 5) is 9.34. The first-order valence-electron chi connectivity index (χ1n) is 11.1. The number of hydrogen-bond donors (Lipinski definition) is 1. The molecule has 1 N–H and O–H groups in total. The van der Waals surface area contributed by atoms with Crippen LogP contribution >= 0.6 is 0 Å². The first-order chi connectivity index (χ1) is 16.1. The maximum Gasteiger partial charge on any atom is 0.136 e. The average Bonchev–Trinajstić information content (AvgIpc) is 3.27. The molecule has 2 aromatic carbocycles. The maximum absolute atomic E-state index is 13.6. The van der Waals surface area contributed by atoms with Crippen LogP contribution in [0, 0.1) is 18.6 Å². The number of anilines is 1. The summed E-state index contributed by atoms with van der Waals surface area (Å²) in [5, 5.41) is 7.26. The summed E-state index contributed by atoms with van der Waals surface area (Å²) >= 11 is 0. The lowest BCUT2D eigenvalue weighted by molar-refractivity contribution is 0.211. The van der Waals surface area contributed by atoms with E-state index in [2.05, 4.69) is 25.0 Å². The van der Waals surface area contributed by atoms with Gasteiger partial charge in [0.25, 0.3) is 0 Å². The third-order valence-electron chi connectivity index (χ3n) is 6.27. The Balaban J connectivity index is 1.40. The van der Waals surface area contributed by atoms with Crippen LogP contribution < -0.4 is 4.90 Å². The largest absolute Gasteiger partial charge is 0.354 e. The third-order valence-corrected chi connectivity index (χ3v) is 6.27. The van der Waals surface area contributed by atoms with Crippen LogP contribution in [-0.4, -0.2) is 46.3 Å². The van der Waals surface area contributed by atoms with Crippen LogP contribution in [0.15, 0.2) is 73.1 Å². The van der Waals surface area contributed by atoms with Crippen LogP contribution in [-0.2, 0) is 0 Å². The molecule has 33 heavy (non-hydrogen) atoms. The van der Waals surface area contributed by atoms with Crippen LogP contribution in [0.1, 0.15) is 22.9 Å². The van der Waals surface area contributed by atoms with Crippen LogP contribution in [0.3, 0.4) is 0 Å². The van der Waals surface area contributed by atoms with Gasteiger partial charge >= 0.3 is 0 Å². The topological polar surface area (TPSA) is 48.1 Å². The van der Waals surface area contributed by atoms with Crippen LogP contribution in [0.5, 0.6) is 0 Å². The molecule has 7 heteroatoms. The number of rotatable bonds is 5. The summed E-state index contributed by atoms with van der Waals surface area (Å²) in [6.07, 6.45) is 3.66. The van der Waals surface area contributed by atoms with Crippen molar-refractivity contribution >= 4 is 5.82 Å². The van der Waals surface area contributed by atoms with Crippen molar-refractivity contribution in [1.29, 1.82) is 0 Å². The van der Waals surface area contributed by atoms with Gasteiger partial charge in [-0.15, -0.1) is 0 Å². The predicted octanol–water partition coefficient (Wildman–Crippen LogP) is 4.97. The van der Waals surface area contributed by atoms with E-state index in [1.165, 1.54) is 24.3 Å². The number of nitrogens with one attached hydrogen (secondary N) is 1. The fourth-order valence-corrected chi connectivity index (χ4v) is 4.56. The number of pyridine rings is 1. The van der Waals surface area contributed by atoms with E-state index in [0.29, 0.717) is 0 Å². The van der Waals surface area contributed by atoms with Gasteiger partial charge in [0.2, 0.25) is 0 Å². The maximum atomic E-state index is 13.6. The molecular formula is C26H25F2N5. The molecule has 0 radical (unpaired) electrons. The first kappa shape index (κ1) is 21.3. The van der Waals surface area contributed by atoms with E-state index in [1.807, 2.05) is 37.4 Å². The Morgan fingerprint density at radius 3 is 2.18 bits per heavy atom. The molecule has 1 fully saturated rings. The molecule has 5 rings (SSSR count). The summed E-state index contributed by atoms with van der Waals surface area (Å²) in [7, 11) is 0. The fraction of sp³-hybridized carbons (Fsp3) is 0.231. The predicted molar refractivity (Wildman–Crippen MR) is 125 cm³/mol. The van der Waals surface area contributed by atoms with Crippen molar-refractivity contribution in [3.8, 4) is 11.1 Å². The van der Waals surface area contributed by atoms with Crippen molar-refractivity contribution in [3.05, 3.63) is 102 Å². The van der Waals surface area contributed by atoms with Crippen LogP contribution in [0.4, 0.5) is 14.6 Å². The van der Waals surface area contributed by atoms with Gasteiger partial charge in [-0.25, -0.2) is 13.8 Å². The number of benzene rings is 2. The summed E-state index contributed by atoms with van der Waals surface area (Å²) in [6.45, 7) is 5.22. The lowest BCUT2D eigenvalue weighted by Gasteiger charge is -2.40. The molecule has 1 aliphatic heterocycles. The number of halogens is 2. The van der Waals surface area contributed by atoms with Gasteiger partial charge in [0, 0.05) is 49.2 Å². The molecule has 1 aliphatic rings. The Morgan fingerprint density at radius 2 is 1.55 bits per heavy atom. The third kappa shape index (κ3) is 4.36. The molecule has 1 unspecified atom stereocenters. The molecule has 168 valence electrons. The molecular weight excluding hydrogens is 420 g/mol. The van der Waals surface area contributed by atoms with Crippen molar-refractivity contribution in [2.75, 3.05) is 31.1 Å². The van der Waals surface area contributed by atoms with Crippen molar-refractivity contribution in [2.24, 2.45) is 0 Å². The standard InChI is InChI=1S/C26H25F2N5/c1-18-24(17-30-31-18)25(20-6-10-22(28)11-7-20)32-13-15-33(16-14-32)26-23(3-2-12-29-26)19-4-8-21(27)9-5-19/h2-12,17,25H,13-16H2,1H3,(H,30,31).